The lowest BCUT2D eigenvalue weighted by Crippen LogP contribution is -2.30. The Labute approximate surface area is 158 Å². The van der Waals surface area contributed by atoms with E-state index in [1.807, 2.05) is 18.5 Å². The highest BCUT2D eigenvalue weighted by Gasteiger charge is 2.14. The van der Waals surface area contributed by atoms with Crippen molar-refractivity contribution in [3.63, 3.8) is 0 Å². The van der Waals surface area contributed by atoms with Gasteiger partial charge in [0.25, 0.3) is 0 Å². The van der Waals surface area contributed by atoms with Gasteiger partial charge in [-0.1, -0.05) is 39.5 Å². The molecule has 0 spiro atoms. The number of carbonyl (C=O) groups is 1. The normalized spacial score (nSPS) is 11.5. The predicted molar refractivity (Wildman–Crippen MR) is 105 cm³/mol. The van der Waals surface area contributed by atoms with E-state index in [0.717, 1.165) is 16.9 Å². The van der Waals surface area contributed by atoms with Crippen molar-refractivity contribution in [3.05, 3.63) is 6.20 Å². The molecular formula is C17H28N6O2S. The van der Waals surface area contributed by atoms with Crippen LogP contribution in [-0.4, -0.2) is 57.7 Å². The lowest BCUT2D eigenvalue weighted by atomic mass is 10.2. The van der Waals surface area contributed by atoms with E-state index >= 15 is 0 Å². The first-order valence-corrected chi connectivity index (χ1v) is 9.71. The molecule has 0 aliphatic heterocycles. The minimum absolute atomic E-state index is 0.0303. The van der Waals surface area contributed by atoms with Crippen molar-refractivity contribution >= 4 is 34.5 Å². The summed E-state index contributed by atoms with van der Waals surface area (Å²) in [5.41, 5.74) is 0.766. The van der Waals surface area contributed by atoms with Gasteiger partial charge in [0.1, 0.15) is 5.82 Å². The van der Waals surface area contributed by atoms with Crippen LogP contribution in [0, 0.1) is 5.92 Å². The Kier molecular flexibility index (Phi) is 7.65. The lowest BCUT2D eigenvalue weighted by molar-refractivity contribution is -0.124. The topological polar surface area (TPSA) is 94.0 Å². The molecule has 26 heavy (non-hydrogen) atoms. The van der Waals surface area contributed by atoms with E-state index in [4.69, 9.17) is 4.74 Å². The highest BCUT2D eigenvalue weighted by Crippen LogP contribution is 2.26. The fraction of sp³-hybridized carbons (Fsp3) is 0.647. The molecule has 2 aromatic rings. The van der Waals surface area contributed by atoms with Crippen molar-refractivity contribution in [1.82, 2.24) is 25.1 Å². The molecule has 0 atom stereocenters. The number of nitrogens with zero attached hydrogens (tertiary/aromatic N) is 4. The fourth-order valence-corrected chi connectivity index (χ4v) is 2.96. The maximum Gasteiger partial charge on any atom is 0.222 e. The molecule has 0 aliphatic rings. The standard InChI is InChI=1S/C17H28N6O2S/c1-11(2)16(24)19-6-8-23-15-13(10-20-23)14(18-7-9-25-5)21-17(22-15)26-12(3)4/h10-12H,6-9H2,1-5H3,(H,19,24)(H,18,21,22). The number of amides is 1. The Morgan fingerprint density at radius 3 is 2.69 bits per heavy atom. The minimum atomic E-state index is -0.0303. The summed E-state index contributed by atoms with van der Waals surface area (Å²) in [6.07, 6.45) is 1.76. The van der Waals surface area contributed by atoms with Crippen molar-refractivity contribution in [2.24, 2.45) is 5.92 Å². The largest absolute Gasteiger partial charge is 0.383 e. The van der Waals surface area contributed by atoms with E-state index < -0.39 is 0 Å². The molecule has 2 aromatic heterocycles. The van der Waals surface area contributed by atoms with E-state index in [-0.39, 0.29) is 11.8 Å². The second-order valence-electron chi connectivity index (χ2n) is 6.49. The maximum absolute atomic E-state index is 11.7. The zero-order chi connectivity index (χ0) is 19.1. The van der Waals surface area contributed by atoms with Crippen LogP contribution in [0.1, 0.15) is 27.7 Å². The average Bonchev–Trinajstić information content (AvgIpc) is 2.97. The second kappa shape index (κ2) is 9.72. The van der Waals surface area contributed by atoms with Crippen LogP contribution in [0.3, 0.4) is 0 Å². The summed E-state index contributed by atoms with van der Waals surface area (Å²) in [6, 6.07) is 0. The zero-order valence-corrected chi connectivity index (χ0v) is 16.9. The van der Waals surface area contributed by atoms with Crippen molar-refractivity contribution in [2.45, 2.75) is 44.6 Å². The number of hydrogen-bond donors (Lipinski definition) is 2. The monoisotopic (exact) mass is 380 g/mol. The SMILES string of the molecule is COCCNc1nc(SC(C)C)nc2c1cnn2CCNC(=O)C(C)C. The van der Waals surface area contributed by atoms with Gasteiger partial charge in [-0.25, -0.2) is 14.6 Å². The number of methoxy groups -OCH3 is 1. The number of rotatable bonds is 10. The number of carbonyl (C=O) groups excluding carboxylic acids is 1. The molecule has 0 fully saturated rings. The van der Waals surface area contributed by atoms with Crippen LogP contribution < -0.4 is 10.6 Å². The van der Waals surface area contributed by atoms with Crippen LogP contribution in [-0.2, 0) is 16.1 Å². The molecular weight excluding hydrogens is 352 g/mol. The molecule has 0 radical (unpaired) electrons. The molecule has 0 saturated heterocycles. The van der Waals surface area contributed by atoms with Gasteiger partial charge in [-0.3, -0.25) is 4.79 Å². The molecule has 0 saturated carbocycles. The number of fused-ring (bicyclic) bond motifs is 1. The van der Waals surface area contributed by atoms with Crippen LogP contribution in [0.25, 0.3) is 11.0 Å². The Hall–Kier alpha value is -1.87. The van der Waals surface area contributed by atoms with Crippen molar-refractivity contribution < 1.29 is 9.53 Å². The third-order valence-electron chi connectivity index (χ3n) is 3.56. The predicted octanol–water partition coefficient (Wildman–Crippen LogP) is 2.16. The lowest BCUT2D eigenvalue weighted by Gasteiger charge is -2.11. The van der Waals surface area contributed by atoms with Gasteiger partial charge in [0.05, 0.1) is 24.7 Å². The van der Waals surface area contributed by atoms with Crippen molar-refractivity contribution in [3.8, 4) is 0 Å². The van der Waals surface area contributed by atoms with Crippen LogP contribution in [0.15, 0.2) is 11.4 Å². The van der Waals surface area contributed by atoms with Crippen molar-refractivity contribution in [1.29, 1.82) is 0 Å². The van der Waals surface area contributed by atoms with Gasteiger partial charge in [0.2, 0.25) is 5.91 Å². The second-order valence-corrected chi connectivity index (χ2v) is 8.04. The van der Waals surface area contributed by atoms with Gasteiger partial charge in [-0.15, -0.1) is 0 Å². The molecule has 0 bridgehead atoms. The quantitative estimate of drug-likeness (QED) is 0.370. The molecule has 1 amide bonds. The van der Waals surface area contributed by atoms with Crippen LogP contribution >= 0.6 is 11.8 Å². The van der Waals surface area contributed by atoms with Crippen molar-refractivity contribution in [2.75, 3.05) is 32.1 Å². The Morgan fingerprint density at radius 2 is 2.04 bits per heavy atom. The van der Waals surface area contributed by atoms with E-state index in [9.17, 15) is 4.79 Å². The summed E-state index contributed by atoms with van der Waals surface area (Å²) < 4.78 is 6.91. The smallest absolute Gasteiger partial charge is 0.222 e. The first kappa shape index (κ1) is 20.4. The van der Waals surface area contributed by atoms with E-state index in [1.165, 1.54) is 0 Å². The van der Waals surface area contributed by atoms with Crippen LogP contribution in [0.5, 0.6) is 0 Å². The average molecular weight is 381 g/mol. The van der Waals surface area contributed by atoms with Gasteiger partial charge in [0.15, 0.2) is 10.8 Å². The summed E-state index contributed by atoms with van der Waals surface area (Å²) in [6.45, 7) is 10.3. The van der Waals surface area contributed by atoms with E-state index in [0.29, 0.717) is 36.6 Å². The first-order chi connectivity index (χ1) is 12.4. The number of thioether (sulfide) groups is 1. The molecule has 9 heteroatoms. The number of hydrogen-bond acceptors (Lipinski definition) is 7. The third-order valence-corrected chi connectivity index (χ3v) is 4.43. The van der Waals surface area contributed by atoms with E-state index in [2.05, 4.69) is 39.5 Å². The number of anilines is 1. The number of aromatic nitrogens is 4. The molecule has 0 aliphatic carbocycles. The molecule has 2 N–H and O–H groups in total. The molecule has 144 valence electrons. The Bertz CT molecular complexity index is 731. The fourth-order valence-electron chi connectivity index (χ4n) is 2.26. The van der Waals surface area contributed by atoms with Crippen LogP contribution in [0.4, 0.5) is 5.82 Å². The zero-order valence-electron chi connectivity index (χ0n) is 16.1. The highest BCUT2D eigenvalue weighted by molar-refractivity contribution is 7.99. The van der Waals surface area contributed by atoms with Gasteiger partial charge < -0.3 is 15.4 Å². The summed E-state index contributed by atoms with van der Waals surface area (Å²) in [5.74, 6) is 0.763. The molecule has 0 unspecified atom stereocenters. The van der Waals surface area contributed by atoms with Gasteiger partial charge >= 0.3 is 0 Å². The van der Waals surface area contributed by atoms with Crippen LogP contribution in [0.2, 0.25) is 0 Å². The molecule has 0 aromatic carbocycles. The minimum Gasteiger partial charge on any atom is -0.383 e. The molecule has 2 heterocycles. The summed E-state index contributed by atoms with van der Waals surface area (Å²) in [7, 11) is 1.67. The molecule has 8 nitrogen and oxygen atoms in total. The number of nitrogens with one attached hydrogen (secondary N) is 2. The summed E-state index contributed by atoms with van der Waals surface area (Å²) in [4.78, 5) is 21.0. The first-order valence-electron chi connectivity index (χ1n) is 8.83. The van der Waals surface area contributed by atoms with Gasteiger partial charge in [0, 0.05) is 31.4 Å². The third kappa shape index (κ3) is 5.57. The summed E-state index contributed by atoms with van der Waals surface area (Å²) in [5, 5.41) is 12.6. The summed E-state index contributed by atoms with van der Waals surface area (Å²) >= 11 is 1.61. The molecule has 2 rings (SSSR count). The maximum atomic E-state index is 11.7. The van der Waals surface area contributed by atoms with Gasteiger partial charge in [-0.05, 0) is 0 Å². The Balaban J connectivity index is 2.22. The highest BCUT2D eigenvalue weighted by atomic mass is 32.2. The number of ether oxygens (including phenoxy) is 1. The van der Waals surface area contributed by atoms with Gasteiger partial charge in [-0.2, -0.15) is 5.10 Å². The van der Waals surface area contributed by atoms with E-state index in [1.54, 1.807) is 25.1 Å². The Morgan fingerprint density at radius 1 is 1.27 bits per heavy atom.